The monoisotopic (exact) mass is 432 g/mol. The lowest BCUT2D eigenvalue weighted by Crippen LogP contribution is -2.14. The molecule has 31 heavy (non-hydrogen) atoms. The van der Waals surface area contributed by atoms with E-state index >= 15 is 0 Å². The van der Waals surface area contributed by atoms with Crippen LogP contribution >= 0.6 is 0 Å². The number of hydrogen-bond acceptors (Lipinski definition) is 7. The minimum atomic E-state index is -1.36. The van der Waals surface area contributed by atoms with Gasteiger partial charge in [0.1, 0.15) is 22.6 Å². The first-order valence-corrected chi connectivity index (χ1v) is 10.2. The van der Waals surface area contributed by atoms with Crippen LogP contribution in [0.25, 0.3) is 0 Å². The second-order valence-corrected chi connectivity index (χ2v) is 7.19. The molecule has 0 amide bonds. The second-order valence-electron chi connectivity index (χ2n) is 7.19. The molecule has 168 valence electrons. The number of esters is 1. The molecule has 0 aromatic heterocycles. The quantitative estimate of drug-likeness (QED) is 0.246. The Bertz CT molecular complexity index is 965. The van der Waals surface area contributed by atoms with E-state index in [0.29, 0.717) is 30.4 Å². The van der Waals surface area contributed by atoms with Crippen molar-refractivity contribution in [2.24, 2.45) is 0 Å². The number of methoxy groups -OCH3 is 1. The lowest BCUT2D eigenvalue weighted by molar-refractivity contribution is 0.0676. The number of phenolic OH excluding ortho intramolecular Hbond substituents is 2. The van der Waals surface area contributed by atoms with Gasteiger partial charge in [-0.25, -0.2) is 9.59 Å². The Morgan fingerprint density at radius 3 is 2.16 bits per heavy atom. The molecule has 0 heterocycles. The van der Waals surface area contributed by atoms with Crippen LogP contribution in [-0.2, 0) is 12.8 Å². The standard InChI is InChI=1S/C23H28O8/c1-4-6-7-9-14-11-17(30-3)21(20(26)19(14)22(27)28)31-23(29)18-13(8-5-2)10-15(24)12-16(18)25/h10-12,24-26H,4-9H2,1-3H3,(H,27,28). The van der Waals surface area contributed by atoms with Crippen molar-refractivity contribution in [3.63, 3.8) is 0 Å². The molecule has 0 aliphatic carbocycles. The molecule has 0 aliphatic heterocycles. The van der Waals surface area contributed by atoms with Crippen molar-refractivity contribution < 1.29 is 39.5 Å². The zero-order valence-electron chi connectivity index (χ0n) is 17.9. The van der Waals surface area contributed by atoms with Gasteiger partial charge >= 0.3 is 11.9 Å². The molecule has 2 rings (SSSR count). The Hall–Kier alpha value is -3.42. The van der Waals surface area contributed by atoms with Crippen LogP contribution in [0.3, 0.4) is 0 Å². The minimum Gasteiger partial charge on any atom is -0.508 e. The van der Waals surface area contributed by atoms with Crippen LogP contribution < -0.4 is 9.47 Å². The Balaban J connectivity index is 2.53. The summed E-state index contributed by atoms with van der Waals surface area (Å²) in [6.45, 7) is 3.88. The number of aryl methyl sites for hydroxylation is 2. The van der Waals surface area contributed by atoms with E-state index in [1.807, 2.05) is 13.8 Å². The molecule has 0 fully saturated rings. The Morgan fingerprint density at radius 1 is 0.903 bits per heavy atom. The number of carbonyl (C=O) groups is 2. The van der Waals surface area contributed by atoms with Crippen LogP contribution in [0.1, 0.15) is 71.4 Å². The molecule has 0 unspecified atom stereocenters. The number of hydrogen-bond donors (Lipinski definition) is 4. The Kier molecular flexibility index (Phi) is 8.13. The molecule has 0 atom stereocenters. The molecular weight excluding hydrogens is 404 g/mol. The first-order valence-electron chi connectivity index (χ1n) is 10.2. The van der Waals surface area contributed by atoms with Crippen LogP contribution in [0.15, 0.2) is 18.2 Å². The van der Waals surface area contributed by atoms with Gasteiger partial charge in [-0.3, -0.25) is 0 Å². The highest BCUT2D eigenvalue weighted by molar-refractivity contribution is 5.98. The van der Waals surface area contributed by atoms with Crippen molar-refractivity contribution in [3.8, 4) is 28.7 Å². The van der Waals surface area contributed by atoms with E-state index < -0.39 is 29.2 Å². The molecule has 0 bridgehead atoms. The van der Waals surface area contributed by atoms with Crippen LogP contribution in [0.2, 0.25) is 0 Å². The fraction of sp³-hybridized carbons (Fsp3) is 0.391. The number of ether oxygens (including phenoxy) is 2. The predicted octanol–water partition coefficient (Wildman–Crippen LogP) is 4.41. The normalized spacial score (nSPS) is 10.7. The first kappa shape index (κ1) is 23.9. The Morgan fingerprint density at radius 2 is 1.58 bits per heavy atom. The summed E-state index contributed by atoms with van der Waals surface area (Å²) in [7, 11) is 1.31. The maximum absolute atomic E-state index is 12.9. The van der Waals surface area contributed by atoms with Crippen LogP contribution in [-0.4, -0.2) is 39.5 Å². The van der Waals surface area contributed by atoms with Gasteiger partial charge in [0.05, 0.1) is 7.11 Å². The number of unbranched alkanes of at least 4 members (excludes halogenated alkanes) is 2. The largest absolute Gasteiger partial charge is 0.508 e. The van der Waals surface area contributed by atoms with Gasteiger partial charge in [-0.05, 0) is 42.5 Å². The van der Waals surface area contributed by atoms with E-state index in [-0.39, 0.29) is 22.6 Å². The summed E-state index contributed by atoms with van der Waals surface area (Å²) in [6.07, 6.45) is 3.98. The maximum atomic E-state index is 12.9. The average Bonchev–Trinajstić information content (AvgIpc) is 2.69. The number of rotatable bonds is 10. The third kappa shape index (κ3) is 5.39. The van der Waals surface area contributed by atoms with Gasteiger partial charge < -0.3 is 29.9 Å². The maximum Gasteiger partial charge on any atom is 0.347 e. The number of aromatic hydroxyl groups is 3. The third-order valence-electron chi connectivity index (χ3n) is 4.89. The van der Waals surface area contributed by atoms with Crippen LogP contribution in [0.5, 0.6) is 28.7 Å². The Labute approximate surface area is 180 Å². The topological polar surface area (TPSA) is 134 Å². The van der Waals surface area contributed by atoms with Gasteiger partial charge in [0.15, 0.2) is 11.5 Å². The summed E-state index contributed by atoms with van der Waals surface area (Å²) in [5.74, 6) is -4.23. The van der Waals surface area contributed by atoms with E-state index in [1.165, 1.54) is 19.2 Å². The molecule has 0 saturated carbocycles. The smallest absolute Gasteiger partial charge is 0.347 e. The fourth-order valence-corrected chi connectivity index (χ4v) is 3.44. The number of carboxylic acids is 1. The third-order valence-corrected chi connectivity index (χ3v) is 4.89. The summed E-state index contributed by atoms with van der Waals surface area (Å²) in [5.41, 5.74) is 0.195. The van der Waals surface area contributed by atoms with Crippen LogP contribution in [0.4, 0.5) is 0 Å². The molecular formula is C23H28O8. The van der Waals surface area contributed by atoms with Crippen molar-refractivity contribution in [1.29, 1.82) is 0 Å². The second kappa shape index (κ2) is 10.6. The predicted molar refractivity (Wildman–Crippen MR) is 114 cm³/mol. The number of carbonyl (C=O) groups excluding carboxylic acids is 1. The van der Waals surface area contributed by atoms with Gasteiger partial charge in [-0.1, -0.05) is 33.1 Å². The number of aromatic carboxylic acids is 1. The first-order chi connectivity index (χ1) is 14.7. The molecule has 4 N–H and O–H groups in total. The minimum absolute atomic E-state index is 0.00217. The summed E-state index contributed by atoms with van der Waals surface area (Å²) in [5, 5.41) is 40.2. The summed E-state index contributed by atoms with van der Waals surface area (Å²) < 4.78 is 10.6. The SMILES string of the molecule is CCCCCc1cc(OC)c(OC(=O)c2c(O)cc(O)cc2CCC)c(O)c1C(=O)O. The highest BCUT2D eigenvalue weighted by Gasteiger charge is 2.28. The molecule has 2 aromatic carbocycles. The van der Waals surface area contributed by atoms with Gasteiger partial charge in [0.2, 0.25) is 5.75 Å². The molecule has 2 aromatic rings. The van der Waals surface area contributed by atoms with E-state index in [4.69, 9.17) is 9.47 Å². The number of carboxylic acid groups (broad SMARTS) is 1. The highest BCUT2D eigenvalue weighted by Crippen LogP contribution is 2.43. The van der Waals surface area contributed by atoms with Gasteiger partial charge in [-0.15, -0.1) is 0 Å². The molecule has 0 aliphatic rings. The summed E-state index contributed by atoms with van der Waals surface area (Å²) >= 11 is 0. The van der Waals surface area contributed by atoms with Gasteiger partial charge in [0, 0.05) is 6.07 Å². The van der Waals surface area contributed by atoms with Crippen molar-refractivity contribution in [3.05, 3.63) is 40.5 Å². The number of phenols is 3. The van der Waals surface area contributed by atoms with E-state index in [9.17, 15) is 30.0 Å². The van der Waals surface area contributed by atoms with E-state index in [2.05, 4.69) is 0 Å². The van der Waals surface area contributed by atoms with Crippen molar-refractivity contribution in [1.82, 2.24) is 0 Å². The zero-order chi connectivity index (χ0) is 23.1. The zero-order valence-corrected chi connectivity index (χ0v) is 17.9. The molecule has 0 saturated heterocycles. The highest BCUT2D eigenvalue weighted by atomic mass is 16.6. The average molecular weight is 432 g/mol. The van der Waals surface area contributed by atoms with Gasteiger partial charge in [-0.2, -0.15) is 0 Å². The fourth-order valence-electron chi connectivity index (χ4n) is 3.44. The summed E-state index contributed by atoms with van der Waals surface area (Å²) in [6, 6.07) is 3.79. The van der Waals surface area contributed by atoms with Crippen molar-refractivity contribution in [2.75, 3.05) is 7.11 Å². The molecule has 8 nitrogen and oxygen atoms in total. The van der Waals surface area contributed by atoms with Crippen molar-refractivity contribution in [2.45, 2.75) is 52.4 Å². The summed E-state index contributed by atoms with van der Waals surface area (Å²) in [4.78, 5) is 24.7. The molecule has 0 radical (unpaired) electrons. The number of benzene rings is 2. The van der Waals surface area contributed by atoms with E-state index in [0.717, 1.165) is 25.3 Å². The van der Waals surface area contributed by atoms with Crippen LogP contribution in [0, 0.1) is 0 Å². The molecule has 8 heteroatoms. The lowest BCUT2D eigenvalue weighted by atomic mass is 9.99. The molecule has 0 spiro atoms. The van der Waals surface area contributed by atoms with Gasteiger partial charge in [0.25, 0.3) is 0 Å². The lowest BCUT2D eigenvalue weighted by Gasteiger charge is -2.17. The van der Waals surface area contributed by atoms with Crippen molar-refractivity contribution >= 4 is 11.9 Å². The van der Waals surface area contributed by atoms with E-state index in [1.54, 1.807) is 0 Å².